The highest BCUT2D eigenvalue weighted by atomic mass is 16.5. The van der Waals surface area contributed by atoms with Crippen LogP contribution in [0, 0.1) is 0 Å². The minimum atomic E-state index is -1.01. The van der Waals surface area contributed by atoms with Crippen molar-refractivity contribution in [2.24, 2.45) is 14.1 Å². The molecule has 10 heteroatoms. The standard InChI is InChI=1S/C26H28N2O3.C23H23N3O2/c1-16(2)17-7-6-8-19(13-17)31-23-10-9-18(26(3,4)30)14-21(23)22-15-28(5)25(29)24-20(22)11-12-27-24;1-14(2)15-5-4-6-17(11-15)28-21-8-7-16(24)12-19(21)20-13-26(3)23(27)22-18(20)9-10-25-22/h6-16,27,30H,1-5H3;4-14,25H,24H2,1-3H3. The van der Waals surface area contributed by atoms with E-state index in [2.05, 4.69) is 55.9 Å². The van der Waals surface area contributed by atoms with E-state index >= 15 is 0 Å². The zero-order valence-corrected chi connectivity index (χ0v) is 34.8. The first-order valence-corrected chi connectivity index (χ1v) is 19.7. The van der Waals surface area contributed by atoms with Crippen LogP contribution in [0.1, 0.15) is 70.1 Å². The van der Waals surface area contributed by atoms with Crippen LogP contribution in [0.25, 0.3) is 44.1 Å². The predicted molar refractivity (Wildman–Crippen MR) is 239 cm³/mol. The van der Waals surface area contributed by atoms with Gasteiger partial charge in [-0.3, -0.25) is 9.59 Å². The fraction of sp³-hybridized carbons (Fsp3) is 0.224. The van der Waals surface area contributed by atoms with Gasteiger partial charge >= 0.3 is 0 Å². The molecule has 5 N–H and O–H groups in total. The highest BCUT2D eigenvalue weighted by Gasteiger charge is 2.22. The first-order valence-electron chi connectivity index (χ1n) is 19.7. The van der Waals surface area contributed by atoms with Crippen LogP contribution in [0.3, 0.4) is 0 Å². The number of aromatic nitrogens is 4. The van der Waals surface area contributed by atoms with Gasteiger partial charge in [-0.25, -0.2) is 0 Å². The van der Waals surface area contributed by atoms with Gasteiger partial charge in [-0.05, 0) is 109 Å². The number of benzene rings is 4. The van der Waals surface area contributed by atoms with Crippen molar-refractivity contribution in [3.8, 4) is 45.3 Å². The number of nitrogens with zero attached hydrogens (tertiary/aromatic N) is 2. The van der Waals surface area contributed by atoms with Crippen LogP contribution in [-0.2, 0) is 19.7 Å². The molecule has 0 amide bonds. The average Bonchev–Trinajstić information content (AvgIpc) is 3.91. The lowest BCUT2D eigenvalue weighted by Gasteiger charge is -2.21. The number of anilines is 1. The average molecular weight is 790 g/mol. The number of nitrogens with one attached hydrogen (secondary N) is 2. The van der Waals surface area contributed by atoms with Crippen LogP contribution in [0.15, 0.2) is 131 Å². The van der Waals surface area contributed by atoms with Crippen molar-refractivity contribution in [3.05, 3.63) is 159 Å². The number of rotatable bonds is 9. The summed E-state index contributed by atoms with van der Waals surface area (Å²) in [5.41, 5.74) is 13.2. The van der Waals surface area contributed by atoms with Crippen LogP contribution in [0.4, 0.5) is 5.69 Å². The molecule has 302 valence electrons. The molecule has 0 atom stereocenters. The number of nitrogen functional groups attached to an aromatic ring is 1. The Bertz CT molecular complexity index is 2920. The zero-order chi connectivity index (χ0) is 42.2. The number of ether oxygens (including phenoxy) is 2. The summed E-state index contributed by atoms with van der Waals surface area (Å²) in [6.45, 7) is 12.1. The smallest absolute Gasteiger partial charge is 0.274 e. The number of aromatic amines is 2. The SMILES string of the molecule is CC(C)c1cccc(Oc2ccc(C(C)(C)O)cc2-c2cn(C)c(=O)c3[nH]ccc23)c1.CC(C)c1cccc(Oc2ccc(N)cc2-c2cn(C)c(=O)c3[nH]ccc23)c1. The van der Waals surface area contributed by atoms with Crippen LogP contribution in [-0.4, -0.2) is 24.2 Å². The van der Waals surface area contributed by atoms with Crippen molar-refractivity contribution in [2.45, 2.75) is 59.0 Å². The van der Waals surface area contributed by atoms with Crippen molar-refractivity contribution < 1.29 is 14.6 Å². The predicted octanol–water partition coefficient (Wildman–Crippen LogP) is 10.7. The summed E-state index contributed by atoms with van der Waals surface area (Å²) >= 11 is 0. The second kappa shape index (κ2) is 16.2. The number of aliphatic hydroxyl groups is 1. The maximum Gasteiger partial charge on any atom is 0.274 e. The number of pyridine rings is 2. The molecule has 0 radical (unpaired) electrons. The number of hydrogen-bond donors (Lipinski definition) is 4. The van der Waals surface area contributed by atoms with Gasteiger partial charge in [-0.2, -0.15) is 0 Å². The van der Waals surface area contributed by atoms with Crippen LogP contribution >= 0.6 is 0 Å². The van der Waals surface area contributed by atoms with E-state index in [1.54, 1.807) is 49.5 Å². The quantitative estimate of drug-likeness (QED) is 0.107. The Morgan fingerprint density at radius 1 is 0.610 bits per heavy atom. The summed E-state index contributed by atoms with van der Waals surface area (Å²) in [5, 5.41) is 12.3. The normalized spacial score (nSPS) is 11.6. The Hall–Kier alpha value is -6.78. The Kier molecular flexibility index (Phi) is 11.1. The van der Waals surface area contributed by atoms with Crippen LogP contribution in [0.5, 0.6) is 23.0 Å². The summed E-state index contributed by atoms with van der Waals surface area (Å²) in [7, 11) is 3.48. The van der Waals surface area contributed by atoms with Crippen molar-refractivity contribution in [2.75, 3.05) is 5.73 Å². The van der Waals surface area contributed by atoms with Gasteiger partial charge in [0.15, 0.2) is 0 Å². The minimum Gasteiger partial charge on any atom is -0.457 e. The second-order valence-electron chi connectivity index (χ2n) is 16.1. The zero-order valence-electron chi connectivity index (χ0n) is 34.8. The van der Waals surface area contributed by atoms with Crippen LogP contribution in [0.2, 0.25) is 0 Å². The minimum absolute atomic E-state index is 0.0697. The van der Waals surface area contributed by atoms with E-state index in [1.165, 1.54) is 11.1 Å². The number of H-pyrrole nitrogens is 2. The van der Waals surface area contributed by atoms with Crippen molar-refractivity contribution in [1.29, 1.82) is 0 Å². The first kappa shape index (κ1) is 40.4. The Labute approximate surface area is 343 Å². The van der Waals surface area contributed by atoms with E-state index in [4.69, 9.17) is 15.2 Å². The Morgan fingerprint density at radius 2 is 1.07 bits per heavy atom. The van der Waals surface area contributed by atoms with Gasteiger partial charge in [-0.15, -0.1) is 0 Å². The molecule has 4 heterocycles. The van der Waals surface area contributed by atoms with Gasteiger partial charge in [0.1, 0.15) is 34.0 Å². The summed E-state index contributed by atoms with van der Waals surface area (Å²) in [6.07, 6.45) is 7.18. The van der Waals surface area contributed by atoms with Gasteiger partial charge in [0.2, 0.25) is 0 Å². The third-order valence-corrected chi connectivity index (χ3v) is 10.6. The summed E-state index contributed by atoms with van der Waals surface area (Å²) in [4.78, 5) is 31.0. The lowest BCUT2D eigenvalue weighted by molar-refractivity contribution is 0.0786. The third kappa shape index (κ3) is 8.44. The molecule has 0 aliphatic heterocycles. The molecule has 8 rings (SSSR count). The maximum atomic E-state index is 12.5. The lowest BCUT2D eigenvalue weighted by Crippen LogP contribution is -2.17. The summed E-state index contributed by atoms with van der Waals surface area (Å²) in [6, 6.07) is 31.2. The molecule has 8 aromatic rings. The van der Waals surface area contributed by atoms with E-state index in [-0.39, 0.29) is 11.1 Å². The molecule has 0 aliphatic carbocycles. The van der Waals surface area contributed by atoms with Gasteiger partial charge in [0.05, 0.1) is 5.60 Å². The fourth-order valence-corrected chi connectivity index (χ4v) is 7.15. The number of hydrogen-bond acceptors (Lipinski definition) is 6. The largest absolute Gasteiger partial charge is 0.457 e. The van der Waals surface area contributed by atoms with E-state index in [9.17, 15) is 14.7 Å². The monoisotopic (exact) mass is 789 g/mol. The topological polar surface area (TPSA) is 140 Å². The molecule has 10 nitrogen and oxygen atoms in total. The fourth-order valence-electron chi connectivity index (χ4n) is 7.15. The number of nitrogens with two attached hydrogens (primary N) is 1. The second-order valence-corrected chi connectivity index (χ2v) is 16.1. The van der Waals surface area contributed by atoms with Gasteiger partial charge in [0.25, 0.3) is 11.1 Å². The summed E-state index contributed by atoms with van der Waals surface area (Å²) < 4.78 is 15.7. The highest BCUT2D eigenvalue weighted by molar-refractivity contribution is 5.97. The molecule has 59 heavy (non-hydrogen) atoms. The van der Waals surface area contributed by atoms with Crippen LogP contribution < -0.4 is 26.3 Å². The molecule has 0 spiro atoms. The molecular formula is C49H51N5O5. The van der Waals surface area contributed by atoms with E-state index in [0.29, 0.717) is 40.1 Å². The molecule has 0 bridgehead atoms. The first-order chi connectivity index (χ1) is 28.1. The molecule has 0 aliphatic rings. The molecule has 0 saturated heterocycles. The lowest BCUT2D eigenvalue weighted by atomic mass is 9.93. The molecule has 0 unspecified atom stereocenters. The highest BCUT2D eigenvalue weighted by Crippen LogP contribution is 2.40. The number of aryl methyl sites for hydroxylation is 2. The Balaban J connectivity index is 0.000000180. The van der Waals surface area contributed by atoms with Crippen molar-refractivity contribution >= 4 is 27.5 Å². The third-order valence-electron chi connectivity index (χ3n) is 10.6. The molecule has 4 aromatic heterocycles. The molecule has 0 fully saturated rings. The summed E-state index contributed by atoms with van der Waals surface area (Å²) in [5.74, 6) is 3.68. The van der Waals surface area contributed by atoms with Gasteiger partial charge in [0, 0.05) is 77.6 Å². The maximum absolute atomic E-state index is 12.5. The van der Waals surface area contributed by atoms with Crippen molar-refractivity contribution in [1.82, 2.24) is 19.1 Å². The Morgan fingerprint density at radius 3 is 1.53 bits per heavy atom. The van der Waals surface area contributed by atoms with E-state index in [0.717, 1.165) is 50.1 Å². The van der Waals surface area contributed by atoms with Crippen molar-refractivity contribution in [3.63, 3.8) is 0 Å². The van der Waals surface area contributed by atoms with Gasteiger partial charge in [-0.1, -0.05) is 58.0 Å². The molecule has 0 saturated carbocycles. The van der Waals surface area contributed by atoms with E-state index < -0.39 is 5.60 Å². The number of fused-ring (bicyclic) bond motifs is 2. The molecular weight excluding hydrogens is 739 g/mol. The van der Waals surface area contributed by atoms with Gasteiger partial charge < -0.3 is 39.4 Å². The molecule has 4 aromatic carbocycles. The van der Waals surface area contributed by atoms with E-state index in [1.807, 2.05) is 91.3 Å².